The van der Waals surface area contributed by atoms with Gasteiger partial charge in [-0.05, 0) is 66.9 Å². The molecule has 1 aliphatic rings. The standard InChI is InChI=1S/C25H24N4O/c1-17(18-5-3-2-4-6-18)30-21-9-7-19(8-10-21)23-15-22-24(20-11-13-26-14-12-20)27-16-28-25(22)29-23/h2-11,15-17,26H,12-14H2,1H3,(H,27,28,29)/t17-/m0/s1. The second kappa shape index (κ2) is 8.13. The minimum atomic E-state index is 0.00113. The van der Waals surface area contributed by atoms with Gasteiger partial charge in [-0.1, -0.05) is 36.4 Å². The predicted octanol–water partition coefficient (Wildman–Crippen LogP) is 5.14. The van der Waals surface area contributed by atoms with Crippen LogP contribution in [0.25, 0.3) is 27.9 Å². The van der Waals surface area contributed by atoms with Crippen molar-refractivity contribution in [3.8, 4) is 17.0 Å². The zero-order chi connectivity index (χ0) is 20.3. The van der Waals surface area contributed by atoms with Crippen molar-refractivity contribution in [1.82, 2.24) is 20.3 Å². The number of hydrogen-bond acceptors (Lipinski definition) is 4. The number of H-pyrrole nitrogens is 1. The fourth-order valence-corrected chi connectivity index (χ4v) is 3.90. The molecule has 2 N–H and O–H groups in total. The van der Waals surface area contributed by atoms with Gasteiger partial charge < -0.3 is 15.0 Å². The molecule has 5 nitrogen and oxygen atoms in total. The third kappa shape index (κ3) is 3.72. The molecule has 1 atom stereocenters. The lowest BCUT2D eigenvalue weighted by molar-refractivity contribution is 0.227. The quantitative estimate of drug-likeness (QED) is 0.490. The maximum atomic E-state index is 6.10. The molecule has 0 amide bonds. The van der Waals surface area contributed by atoms with E-state index < -0.39 is 0 Å². The Morgan fingerprint density at radius 1 is 1.00 bits per heavy atom. The van der Waals surface area contributed by atoms with Crippen LogP contribution in [0.5, 0.6) is 5.75 Å². The summed E-state index contributed by atoms with van der Waals surface area (Å²) in [7, 11) is 0. The molecule has 5 heteroatoms. The molecule has 0 radical (unpaired) electrons. The molecule has 1 aliphatic heterocycles. The highest BCUT2D eigenvalue weighted by molar-refractivity contribution is 5.92. The fraction of sp³-hybridized carbons (Fsp3) is 0.200. The summed E-state index contributed by atoms with van der Waals surface area (Å²) in [6, 6.07) is 20.6. The molecule has 0 saturated carbocycles. The van der Waals surface area contributed by atoms with Crippen molar-refractivity contribution in [3.63, 3.8) is 0 Å². The number of aromatic amines is 1. The molecule has 0 fully saturated rings. The van der Waals surface area contributed by atoms with Crippen LogP contribution in [0.15, 0.2) is 73.1 Å². The van der Waals surface area contributed by atoms with Crippen LogP contribution < -0.4 is 10.1 Å². The predicted molar refractivity (Wildman–Crippen MR) is 120 cm³/mol. The summed E-state index contributed by atoms with van der Waals surface area (Å²) >= 11 is 0. The van der Waals surface area contributed by atoms with Gasteiger partial charge in [0.15, 0.2) is 0 Å². The minimum Gasteiger partial charge on any atom is -0.486 e. The summed E-state index contributed by atoms with van der Waals surface area (Å²) in [4.78, 5) is 12.4. The van der Waals surface area contributed by atoms with E-state index in [1.165, 1.54) is 5.57 Å². The zero-order valence-electron chi connectivity index (χ0n) is 16.9. The van der Waals surface area contributed by atoms with Gasteiger partial charge in [-0.3, -0.25) is 0 Å². The van der Waals surface area contributed by atoms with Crippen LogP contribution in [0, 0.1) is 0 Å². The van der Waals surface area contributed by atoms with Gasteiger partial charge in [0.25, 0.3) is 0 Å². The Morgan fingerprint density at radius 3 is 2.60 bits per heavy atom. The van der Waals surface area contributed by atoms with Gasteiger partial charge in [0, 0.05) is 17.6 Å². The Labute approximate surface area is 175 Å². The number of ether oxygens (including phenoxy) is 1. The highest BCUT2D eigenvalue weighted by Crippen LogP contribution is 2.30. The van der Waals surface area contributed by atoms with Crippen LogP contribution >= 0.6 is 0 Å². The van der Waals surface area contributed by atoms with Gasteiger partial charge in [0.1, 0.15) is 23.8 Å². The number of aromatic nitrogens is 3. The van der Waals surface area contributed by atoms with Crippen molar-refractivity contribution in [2.45, 2.75) is 19.4 Å². The van der Waals surface area contributed by atoms with Crippen molar-refractivity contribution >= 4 is 16.6 Å². The molecule has 0 aliphatic carbocycles. The number of hydrogen-bond donors (Lipinski definition) is 2. The second-order valence-electron chi connectivity index (χ2n) is 7.55. The van der Waals surface area contributed by atoms with Crippen LogP contribution in [0.4, 0.5) is 0 Å². The van der Waals surface area contributed by atoms with Crippen LogP contribution in [0.2, 0.25) is 0 Å². The zero-order valence-corrected chi connectivity index (χ0v) is 16.9. The summed E-state index contributed by atoms with van der Waals surface area (Å²) < 4.78 is 6.10. The van der Waals surface area contributed by atoms with Crippen molar-refractivity contribution in [1.29, 1.82) is 0 Å². The molecule has 0 spiro atoms. The van der Waals surface area contributed by atoms with Gasteiger partial charge >= 0.3 is 0 Å². The van der Waals surface area contributed by atoms with E-state index in [-0.39, 0.29) is 6.10 Å². The first-order chi connectivity index (χ1) is 14.8. The summed E-state index contributed by atoms with van der Waals surface area (Å²) in [6.45, 7) is 3.94. The maximum absolute atomic E-state index is 6.10. The van der Waals surface area contributed by atoms with Crippen LogP contribution in [0.3, 0.4) is 0 Å². The Bertz CT molecular complexity index is 1180. The number of nitrogens with one attached hydrogen (secondary N) is 2. The summed E-state index contributed by atoms with van der Waals surface area (Å²) in [5.41, 5.74) is 6.47. The third-order valence-corrected chi connectivity index (χ3v) is 5.54. The van der Waals surface area contributed by atoms with E-state index in [2.05, 4.69) is 63.6 Å². The smallest absolute Gasteiger partial charge is 0.141 e. The Balaban J connectivity index is 1.40. The molecule has 5 rings (SSSR count). The van der Waals surface area contributed by atoms with E-state index in [1.807, 2.05) is 30.3 Å². The van der Waals surface area contributed by atoms with Gasteiger partial charge in [-0.15, -0.1) is 0 Å². The Hall–Kier alpha value is -3.44. The largest absolute Gasteiger partial charge is 0.486 e. The summed E-state index contributed by atoms with van der Waals surface area (Å²) in [6.07, 6.45) is 4.85. The third-order valence-electron chi connectivity index (χ3n) is 5.54. The van der Waals surface area contributed by atoms with Crippen molar-refractivity contribution in [3.05, 3.63) is 84.3 Å². The highest BCUT2D eigenvalue weighted by atomic mass is 16.5. The van der Waals surface area contributed by atoms with E-state index in [1.54, 1.807) is 6.33 Å². The molecule has 2 aromatic heterocycles. The van der Waals surface area contributed by atoms with Crippen LogP contribution in [-0.2, 0) is 0 Å². The van der Waals surface area contributed by atoms with Crippen LogP contribution in [0.1, 0.15) is 30.7 Å². The average molecular weight is 396 g/mol. The number of fused-ring (bicyclic) bond motifs is 1. The summed E-state index contributed by atoms with van der Waals surface area (Å²) in [5, 5.41) is 4.42. The lowest BCUT2D eigenvalue weighted by Gasteiger charge is -2.15. The topological polar surface area (TPSA) is 62.8 Å². The normalized spacial score (nSPS) is 15.0. The number of benzene rings is 2. The van der Waals surface area contributed by atoms with Gasteiger partial charge in [-0.2, -0.15) is 0 Å². The first kappa shape index (κ1) is 18.6. The molecule has 4 aromatic rings. The van der Waals surface area contributed by atoms with E-state index in [0.29, 0.717) is 0 Å². The van der Waals surface area contributed by atoms with E-state index in [9.17, 15) is 0 Å². The highest BCUT2D eigenvalue weighted by Gasteiger charge is 2.14. The molecule has 150 valence electrons. The molecule has 30 heavy (non-hydrogen) atoms. The van der Waals surface area contributed by atoms with Gasteiger partial charge in [0.05, 0.1) is 5.69 Å². The fourth-order valence-electron chi connectivity index (χ4n) is 3.90. The van der Waals surface area contributed by atoms with E-state index in [0.717, 1.165) is 58.8 Å². The minimum absolute atomic E-state index is 0.00113. The number of rotatable bonds is 5. The molecule has 0 saturated heterocycles. The van der Waals surface area contributed by atoms with Crippen molar-refractivity contribution in [2.75, 3.05) is 13.1 Å². The first-order valence-corrected chi connectivity index (χ1v) is 10.3. The monoisotopic (exact) mass is 396 g/mol. The maximum Gasteiger partial charge on any atom is 0.141 e. The summed E-state index contributed by atoms with van der Waals surface area (Å²) in [5.74, 6) is 0.853. The van der Waals surface area contributed by atoms with Crippen molar-refractivity contribution < 1.29 is 4.74 Å². The lowest BCUT2D eigenvalue weighted by atomic mass is 10.0. The SMILES string of the molecule is C[C@H](Oc1ccc(-c2cc3c(C4=CCNCC4)ncnc3[nH]2)cc1)c1ccccc1. The number of nitrogens with zero attached hydrogens (tertiary/aromatic N) is 2. The van der Waals surface area contributed by atoms with E-state index in [4.69, 9.17) is 4.74 Å². The average Bonchev–Trinajstić information content (AvgIpc) is 3.25. The van der Waals surface area contributed by atoms with E-state index >= 15 is 0 Å². The second-order valence-corrected chi connectivity index (χ2v) is 7.55. The molecule has 0 unspecified atom stereocenters. The Morgan fingerprint density at radius 2 is 1.83 bits per heavy atom. The molecule has 2 aromatic carbocycles. The van der Waals surface area contributed by atoms with Crippen molar-refractivity contribution in [2.24, 2.45) is 0 Å². The Kier molecular flexibility index (Phi) is 5.03. The van der Waals surface area contributed by atoms with Crippen LogP contribution in [-0.4, -0.2) is 28.0 Å². The molecule has 3 heterocycles. The lowest BCUT2D eigenvalue weighted by Crippen LogP contribution is -2.20. The van der Waals surface area contributed by atoms with Gasteiger partial charge in [-0.25, -0.2) is 9.97 Å². The van der Waals surface area contributed by atoms with Gasteiger partial charge in [0.2, 0.25) is 0 Å². The molecular formula is C25H24N4O. The molecule has 0 bridgehead atoms. The molecular weight excluding hydrogens is 372 g/mol. The first-order valence-electron chi connectivity index (χ1n) is 10.3.